The zero-order valence-corrected chi connectivity index (χ0v) is 21.8. The van der Waals surface area contributed by atoms with E-state index in [1.165, 1.54) is 29.0 Å². The standard InChI is InChI=1S/C23H36N2O6S2/c1-15(2)25(21(26)18-8-6-16(3)7-9-18)22-19(31-23(27)30-4)14-20(32-22)17-10-12-24(13-11-17)33(5,28)29/h14-18H,6-13H2,1-5H3/t16-,18-. The first kappa shape index (κ1) is 26.0. The minimum Gasteiger partial charge on any atom is -0.437 e. The first-order valence-corrected chi connectivity index (χ1v) is 14.4. The zero-order valence-electron chi connectivity index (χ0n) is 20.2. The van der Waals surface area contributed by atoms with Gasteiger partial charge >= 0.3 is 6.16 Å². The molecule has 0 aromatic carbocycles. The number of piperidine rings is 1. The number of hydrogen-bond donors (Lipinski definition) is 0. The van der Waals surface area contributed by atoms with Crippen molar-refractivity contribution in [2.45, 2.75) is 71.3 Å². The van der Waals surface area contributed by atoms with Crippen molar-refractivity contribution in [2.24, 2.45) is 11.8 Å². The average Bonchev–Trinajstić information content (AvgIpc) is 3.16. The molecule has 1 aliphatic carbocycles. The van der Waals surface area contributed by atoms with Crippen molar-refractivity contribution in [3.05, 3.63) is 10.9 Å². The Morgan fingerprint density at radius 1 is 1.12 bits per heavy atom. The second-order valence-electron chi connectivity index (χ2n) is 9.57. The first-order chi connectivity index (χ1) is 15.5. The molecule has 1 aromatic rings. The van der Waals surface area contributed by atoms with Gasteiger partial charge in [-0.3, -0.25) is 9.69 Å². The molecule has 2 fully saturated rings. The van der Waals surface area contributed by atoms with Gasteiger partial charge in [0, 0.05) is 29.9 Å². The number of amides is 1. The van der Waals surface area contributed by atoms with E-state index in [2.05, 4.69) is 6.92 Å². The molecule has 0 bridgehead atoms. The van der Waals surface area contributed by atoms with Crippen LogP contribution in [0.2, 0.25) is 0 Å². The molecule has 2 aliphatic rings. The lowest BCUT2D eigenvalue weighted by Gasteiger charge is -2.33. The molecule has 1 aromatic heterocycles. The summed E-state index contributed by atoms with van der Waals surface area (Å²) in [6.45, 7) is 7.07. The molecule has 33 heavy (non-hydrogen) atoms. The predicted molar refractivity (Wildman–Crippen MR) is 129 cm³/mol. The van der Waals surface area contributed by atoms with E-state index in [0.29, 0.717) is 42.6 Å². The third-order valence-corrected chi connectivity index (χ3v) is 9.30. The van der Waals surface area contributed by atoms with Gasteiger partial charge < -0.3 is 9.47 Å². The SMILES string of the molecule is COC(=O)Oc1cc(C2CCN(S(C)(=O)=O)CC2)sc1N(C(=O)[C@H]1CC[C@H](C)CC1)C(C)C. The number of nitrogens with zero attached hydrogens (tertiary/aromatic N) is 2. The second kappa shape index (κ2) is 10.7. The number of anilines is 1. The summed E-state index contributed by atoms with van der Waals surface area (Å²) in [5, 5.41) is 0.625. The highest BCUT2D eigenvalue weighted by Crippen LogP contribution is 2.46. The van der Waals surface area contributed by atoms with E-state index in [0.717, 1.165) is 30.6 Å². The summed E-state index contributed by atoms with van der Waals surface area (Å²) in [5.74, 6) is 1.16. The van der Waals surface area contributed by atoms with Crippen LogP contribution in [0.15, 0.2) is 6.07 Å². The average molecular weight is 501 g/mol. The molecule has 0 radical (unpaired) electrons. The number of carbonyl (C=O) groups is 2. The van der Waals surface area contributed by atoms with E-state index in [-0.39, 0.29) is 23.8 Å². The number of thiophene rings is 1. The van der Waals surface area contributed by atoms with Crippen molar-refractivity contribution in [1.29, 1.82) is 0 Å². The molecule has 0 unspecified atom stereocenters. The van der Waals surface area contributed by atoms with Gasteiger partial charge in [0.25, 0.3) is 0 Å². The molecule has 8 nitrogen and oxygen atoms in total. The smallest absolute Gasteiger partial charge is 0.437 e. The summed E-state index contributed by atoms with van der Waals surface area (Å²) < 4.78 is 35.4. The van der Waals surface area contributed by atoms with Gasteiger partial charge in [0.2, 0.25) is 15.9 Å². The Morgan fingerprint density at radius 3 is 2.24 bits per heavy atom. The maximum atomic E-state index is 13.6. The van der Waals surface area contributed by atoms with Crippen LogP contribution in [-0.4, -0.2) is 57.3 Å². The largest absolute Gasteiger partial charge is 0.513 e. The molecule has 10 heteroatoms. The van der Waals surface area contributed by atoms with Gasteiger partial charge in [0.15, 0.2) is 5.75 Å². The highest BCUT2D eigenvalue weighted by molar-refractivity contribution is 7.88. The molecule has 1 saturated carbocycles. The van der Waals surface area contributed by atoms with E-state index >= 15 is 0 Å². The van der Waals surface area contributed by atoms with Crippen molar-refractivity contribution >= 4 is 38.4 Å². The Morgan fingerprint density at radius 2 is 1.73 bits per heavy atom. The van der Waals surface area contributed by atoms with E-state index in [1.54, 1.807) is 4.90 Å². The lowest BCUT2D eigenvalue weighted by molar-refractivity contribution is -0.123. The number of hydrogen-bond acceptors (Lipinski definition) is 7. The highest BCUT2D eigenvalue weighted by Gasteiger charge is 2.35. The summed E-state index contributed by atoms with van der Waals surface area (Å²) in [6.07, 6.45) is 5.61. The van der Waals surface area contributed by atoms with Gasteiger partial charge in [-0.25, -0.2) is 17.5 Å². The fraction of sp³-hybridized carbons (Fsp3) is 0.739. The minimum absolute atomic E-state index is 0.0295. The Labute approximate surface area is 201 Å². The lowest BCUT2D eigenvalue weighted by atomic mass is 9.82. The predicted octanol–water partition coefficient (Wildman–Crippen LogP) is 4.60. The number of ether oxygens (including phenoxy) is 2. The summed E-state index contributed by atoms with van der Waals surface area (Å²) >= 11 is 1.46. The molecule has 1 saturated heterocycles. The van der Waals surface area contributed by atoms with E-state index in [4.69, 9.17) is 9.47 Å². The third-order valence-electron chi connectivity index (χ3n) is 6.72. The summed E-state index contributed by atoms with van der Waals surface area (Å²) in [7, 11) is -1.95. The van der Waals surface area contributed by atoms with Crippen molar-refractivity contribution < 1.29 is 27.5 Å². The van der Waals surface area contributed by atoms with Crippen LogP contribution < -0.4 is 9.64 Å². The molecule has 0 N–H and O–H groups in total. The Balaban J connectivity index is 1.89. The van der Waals surface area contributed by atoms with Crippen LogP contribution in [0.5, 0.6) is 5.75 Å². The number of sulfonamides is 1. The Kier molecular flexibility index (Phi) is 8.45. The van der Waals surface area contributed by atoms with Crippen LogP contribution in [0.25, 0.3) is 0 Å². The molecule has 186 valence electrons. The van der Waals surface area contributed by atoms with Gasteiger partial charge in [0.1, 0.15) is 5.00 Å². The summed E-state index contributed by atoms with van der Waals surface area (Å²) in [5.41, 5.74) is 0. The molecule has 3 rings (SSSR count). The molecule has 0 atom stereocenters. The van der Waals surface area contributed by atoms with Crippen LogP contribution >= 0.6 is 11.3 Å². The monoisotopic (exact) mass is 500 g/mol. The second-order valence-corrected chi connectivity index (χ2v) is 12.6. The summed E-state index contributed by atoms with van der Waals surface area (Å²) in [4.78, 5) is 28.3. The molecule has 1 amide bonds. The molecular weight excluding hydrogens is 464 g/mol. The van der Waals surface area contributed by atoms with Crippen LogP contribution in [0.4, 0.5) is 9.80 Å². The van der Waals surface area contributed by atoms with E-state index in [9.17, 15) is 18.0 Å². The minimum atomic E-state index is -3.21. The maximum absolute atomic E-state index is 13.6. The van der Waals surface area contributed by atoms with E-state index < -0.39 is 16.2 Å². The van der Waals surface area contributed by atoms with Crippen molar-refractivity contribution in [1.82, 2.24) is 4.31 Å². The van der Waals surface area contributed by atoms with Crippen molar-refractivity contribution in [2.75, 3.05) is 31.4 Å². The van der Waals surface area contributed by atoms with Crippen LogP contribution in [-0.2, 0) is 19.6 Å². The van der Waals surface area contributed by atoms with Crippen LogP contribution in [0.1, 0.15) is 70.1 Å². The van der Waals surface area contributed by atoms with Gasteiger partial charge in [-0.15, -0.1) is 11.3 Å². The number of methoxy groups -OCH3 is 1. The van der Waals surface area contributed by atoms with Crippen LogP contribution in [0.3, 0.4) is 0 Å². The maximum Gasteiger partial charge on any atom is 0.513 e. The lowest BCUT2D eigenvalue weighted by Crippen LogP contribution is -2.42. The number of rotatable bonds is 6. The van der Waals surface area contributed by atoms with Crippen molar-refractivity contribution in [3.63, 3.8) is 0 Å². The highest BCUT2D eigenvalue weighted by atomic mass is 32.2. The fourth-order valence-electron chi connectivity index (χ4n) is 4.72. The van der Waals surface area contributed by atoms with Gasteiger partial charge in [-0.1, -0.05) is 6.92 Å². The molecule has 1 aliphatic heterocycles. The topological polar surface area (TPSA) is 93.2 Å². The Bertz CT molecular complexity index is 942. The Hall–Kier alpha value is -1.65. The summed E-state index contributed by atoms with van der Waals surface area (Å²) in [6, 6.07) is 1.72. The normalized spacial score (nSPS) is 22.8. The van der Waals surface area contributed by atoms with Gasteiger partial charge in [0.05, 0.1) is 13.4 Å². The van der Waals surface area contributed by atoms with E-state index in [1.807, 2.05) is 19.9 Å². The van der Waals surface area contributed by atoms with Gasteiger partial charge in [-0.05, 0) is 70.3 Å². The quantitative estimate of drug-likeness (QED) is 0.530. The third kappa shape index (κ3) is 6.27. The fourth-order valence-corrected chi connectivity index (χ4v) is 6.99. The molecule has 2 heterocycles. The number of carbonyl (C=O) groups excluding carboxylic acids is 2. The zero-order chi connectivity index (χ0) is 24.3. The van der Waals surface area contributed by atoms with Crippen molar-refractivity contribution in [3.8, 4) is 5.75 Å². The molecular formula is C23H36N2O6S2. The van der Waals surface area contributed by atoms with Gasteiger partial charge in [-0.2, -0.15) is 0 Å². The van der Waals surface area contributed by atoms with Crippen LogP contribution in [0, 0.1) is 11.8 Å². The first-order valence-electron chi connectivity index (χ1n) is 11.7. The molecule has 0 spiro atoms.